The van der Waals surface area contributed by atoms with E-state index in [9.17, 15) is 14.7 Å². The molecule has 1 aromatic carbocycles. The normalized spacial score (nSPS) is 22.1. The van der Waals surface area contributed by atoms with E-state index in [4.69, 9.17) is 5.73 Å². The number of likely N-dealkylation sites (N-methyl/N-ethyl adjacent to an activating group) is 1. The van der Waals surface area contributed by atoms with E-state index in [1.165, 1.54) is 4.90 Å². The van der Waals surface area contributed by atoms with Crippen LogP contribution in [0.2, 0.25) is 0 Å². The zero-order chi connectivity index (χ0) is 23.2. The number of amides is 2. The zero-order valence-corrected chi connectivity index (χ0v) is 18.2. The number of carbonyl (C=O) groups is 2. The third-order valence-corrected chi connectivity index (χ3v) is 6.34. The predicted octanol–water partition coefficient (Wildman–Crippen LogP) is 1.04. The highest BCUT2D eigenvalue weighted by Gasteiger charge is 2.42. The highest BCUT2D eigenvalue weighted by Crippen LogP contribution is 2.36. The van der Waals surface area contributed by atoms with Crippen molar-refractivity contribution in [1.82, 2.24) is 24.5 Å². The van der Waals surface area contributed by atoms with E-state index < -0.39 is 11.5 Å². The zero-order valence-electron chi connectivity index (χ0n) is 18.2. The van der Waals surface area contributed by atoms with Gasteiger partial charge in [0.25, 0.3) is 11.8 Å². The van der Waals surface area contributed by atoms with Crippen molar-refractivity contribution in [3.8, 4) is 17.5 Å². The minimum atomic E-state index is -1.66. The second-order valence-electron chi connectivity index (χ2n) is 8.52. The number of hydrogen-bond acceptors (Lipinski definition) is 5. The van der Waals surface area contributed by atoms with Gasteiger partial charge >= 0.3 is 0 Å². The van der Waals surface area contributed by atoms with Gasteiger partial charge in [-0.05, 0) is 43.5 Å². The van der Waals surface area contributed by atoms with E-state index >= 15 is 0 Å². The van der Waals surface area contributed by atoms with Crippen LogP contribution in [0.15, 0.2) is 42.7 Å². The van der Waals surface area contributed by atoms with Crippen molar-refractivity contribution in [2.24, 2.45) is 5.73 Å². The Hall–Kier alpha value is -3.90. The Kier molecular flexibility index (Phi) is 5.02. The summed E-state index contributed by atoms with van der Waals surface area (Å²) in [5.74, 6) is 4.71. The lowest BCUT2D eigenvalue weighted by atomic mass is 9.90. The number of fused-ring (bicyclic) bond motifs is 1. The Balaban J connectivity index is 1.55. The first kappa shape index (κ1) is 21.0. The smallest absolute Gasteiger partial charge is 0.269 e. The van der Waals surface area contributed by atoms with Gasteiger partial charge in [0.15, 0.2) is 5.69 Å². The fourth-order valence-electron chi connectivity index (χ4n) is 4.65. The number of nitrogens with two attached hydrogens (primary N) is 1. The Morgan fingerprint density at radius 2 is 2.18 bits per heavy atom. The standard InChI is InChI=1S/C24H24N6O3/c1-28-14-11-24(33,23(28)32)10-9-16-5-2-6-17(15-16)30-19-8-3-7-18(29-13-4-12-26-29)20(19)21(27-30)22(25)31/h2,4-6,12-13,15,18,33H,3,7-8,11,14H2,1H3,(H2,25,31)/t18-,24+/m1/s1. The van der Waals surface area contributed by atoms with Crippen LogP contribution in [0.5, 0.6) is 0 Å². The topological polar surface area (TPSA) is 119 Å². The SMILES string of the molecule is CN1CC[C@@](O)(C#Cc2cccc(-n3nc(C(N)=O)c4c3CCC[C@H]4n3cccn3)c2)C1=O. The lowest BCUT2D eigenvalue weighted by Gasteiger charge is -2.24. The van der Waals surface area contributed by atoms with E-state index in [0.29, 0.717) is 12.1 Å². The van der Waals surface area contributed by atoms with Gasteiger partial charge in [0, 0.05) is 43.5 Å². The van der Waals surface area contributed by atoms with Gasteiger partial charge in [-0.15, -0.1) is 0 Å². The average molecular weight is 444 g/mol. The first-order chi connectivity index (χ1) is 15.9. The second kappa shape index (κ2) is 7.90. The molecule has 0 unspecified atom stereocenters. The largest absolute Gasteiger partial charge is 0.369 e. The number of carbonyl (C=O) groups excluding carboxylic acids is 2. The van der Waals surface area contributed by atoms with E-state index in [1.807, 2.05) is 35.1 Å². The summed E-state index contributed by atoms with van der Waals surface area (Å²) in [6.45, 7) is 0.469. The number of nitrogens with zero attached hydrogens (tertiary/aromatic N) is 5. The summed E-state index contributed by atoms with van der Waals surface area (Å²) in [7, 11) is 1.65. The van der Waals surface area contributed by atoms with Crippen molar-refractivity contribution in [1.29, 1.82) is 0 Å². The average Bonchev–Trinajstić information content (AvgIpc) is 3.54. The van der Waals surface area contributed by atoms with Crippen LogP contribution in [0.3, 0.4) is 0 Å². The van der Waals surface area contributed by atoms with E-state index in [1.54, 1.807) is 24.0 Å². The molecule has 3 aromatic rings. The molecule has 1 fully saturated rings. The molecule has 2 aliphatic rings. The van der Waals surface area contributed by atoms with E-state index in [0.717, 1.165) is 36.2 Å². The molecule has 3 N–H and O–H groups in total. The molecule has 1 aliphatic carbocycles. The Labute approximate surface area is 190 Å². The number of hydrogen-bond donors (Lipinski definition) is 2. The number of primary amides is 1. The number of rotatable bonds is 3. The maximum atomic E-state index is 12.3. The maximum absolute atomic E-state index is 12.3. The molecule has 0 radical (unpaired) electrons. The van der Waals surface area contributed by atoms with Crippen molar-refractivity contribution in [2.45, 2.75) is 37.3 Å². The van der Waals surface area contributed by atoms with Gasteiger partial charge in [-0.2, -0.15) is 10.2 Å². The van der Waals surface area contributed by atoms with Crippen molar-refractivity contribution >= 4 is 11.8 Å². The molecule has 5 rings (SSSR count). The third-order valence-electron chi connectivity index (χ3n) is 6.34. The molecule has 3 heterocycles. The highest BCUT2D eigenvalue weighted by molar-refractivity contribution is 5.93. The summed E-state index contributed by atoms with van der Waals surface area (Å²) >= 11 is 0. The Morgan fingerprint density at radius 1 is 1.33 bits per heavy atom. The number of aromatic nitrogens is 4. The number of likely N-dealkylation sites (tertiary alicyclic amines) is 1. The quantitative estimate of drug-likeness (QED) is 0.585. The number of benzene rings is 1. The number of aliphatic hydroxyl groups is 1. The first-order valence-corrected chi connectivity index (χ1v) is 10.9. The summed E-state index contributed by atoms with van der Waals surface area (Å²) in [4.78, 5) is 25.9. The van der Waals surface area contributed by atoms with Gasteiger partial charge in [0.05, 0.1) is 17.4 Å². The summed E-state index contributed by atoms with van der Waals surface area (Å²) in [5, 5.41) is 19.5. The van der Waals surface area contributed by atoms with Crippen LogP contribution >= 0.6 is 0 Å². The minimum absolute atomic E-state index is 0.109. The fourth-order valence-corrected chi connectivity index (χ4v) is 4.65. The lowest BCUT2D eigenvalue weighted by molar-refractivity contribution is -0.137. The molecular formula is C24H24N6O3. The molecule has 1 saturated heterocycles. The molecule has 2 aromatic heterocycles. The van der Waals surface area contributed by atoms with Crippen molar-refractivity contribution in [2.75, 3.05) is 13.6 Å². The van der Waals surface area contributed by atoms with Gasteiger partial charge in [-0.25, -0.2) is 4.68 Å². The van der Waals surface area contributed by atoms with Gasteiger partial charge in [0.1, 0.15) is 0 Å². The van der Waals surface area contributed by atoms with Crippen LogP contribution in [0, 0.1) is 11.8 Å². The van der Waals surface area contributed by atoms with Crippen LogP contribution < -0.4 is 5.73 Å². The molecule has 0 bridgehead atoms. The molecule has 33 heavy (non-hydrogen) atoms. The molecule has 2 amide bonds. The maximum Gasteiger partial charge on any atom is 0.269 e. The second-order valence-corrected chi connectivity index (χ2v) is 8.52. The van der Waals surface area contributed by atoms with E-state index in [2.05, 4.69) is 22.0 Å². The van der Waals surface area contributed by atoms with Crippen LogP contribution in [0.1, 0.15) is 52.6 Å². The monoisotopic (exact) mass is 444 g/mol. The molecule has 0 spiro atoms. The van der Waals surface area contributed by atoms with Gasteiger partial charge in [-0.1, -0.05) is 17.9 Å². The fraction of sp³-hybridized carbons (Fsp3) is 0.333. The Morgan fingerprint density at radius 3 is 2.88 bits per heavy atom. The van der Waals surface area contributed by atoms with Crippen LogP contribution in [0.25, 0.3) is 5.69 Å². The molecule has 2 atom stereocenters. The van der Waals surface area contributed by atoms with Gasteiger partial charge in [0.2, 0.25) is 5.60 Å². The molecule has 9 heteroatoms. The molecule has 1 aliphatic heterocycles. The van der Waals surface area contributed by atoms with E-state index in [-0.39, 0.29) is 24.1 Å². The molecule has 168 valence electrons. The lowest BCUT2D eigenvalue weighted by Crippen LogP contribution is -2.37. The van der Waals surface area contributed by atoms with Gasteiger partial charge in [-0.3, -0.25) is 14.3 Å². The highest BCUT2D eigenvalue weighted by atomic mass is 16.3. The molecular weight excluding hydrogens is 420 g/mol. The third kappa shape index (κ3) is 3.58. The van der Waals surface area contributed by atoms with Gasteiger partial charge < -0.3 is 15.7 Å². The van der Waals surface area contributed by atoms with Crippen LogP contribution in [-0.2, 0) is 11.2 Å². The molecule has 0 saturated carbocycles. The Bertz CT molecular complexity index is 1300. The summed E-state index contributed by atoms with van der Waals surface area (Å²) in [5.41, 5.74) is 7.38. The van der Waals surface area contributed by atoms with Crippen molar-refractivity contribution < 1.29 is 14.7 Å². The van der Waals surface area contributed by atoms with Crippen molar-refractivity contribution in [3.05, 3.63) is 65.2 Å². The first-order valence-electron chi connectivity index (χ1n) is 10.9. The minimum Gasteiger partial charge on any atom is -0.369 e. The summed E-state index contributed by atoms with van der Waals surface area (Å²) in [6, 6.07) is 9.09. The summed E-state index contributed by atoms with van der Waals surface area (Å²) < 4.78 is 3.59. The van der Waals surface area contributed by atoms with Crippen LogP contribution in [0.4, 0.5) is 0 Å². The van der Waals surface area contributed by atoms with Crippen molar-refractivity contribution in [3.63, 3.8) is 0 Å². The van der Waals surface area contributed by atoms with Crippen LogP contribution in [-0.4, -0.2) is 60.6 Å². The molecule has 9 nitrogen and oxygen atoms in total. The summed E-state index contributed by atoms with van der Waals surface area (Å²) in [6.07, 6.45) is 6.38. The predicted molar refractivity (Wildman–Crippen MR) is 119 cm³/mol.